The van der Waals surface area contributed by atoms with Gasteiger partial charge in [-0.2, -0.15) is 5.26 Å². The van der Waals surface area contributed by atoms with E-state index in [0.717, 1.165) is 0 Å². The Bertz CT molecular complexity index is 1320. The van der Waals surface area contributed by atoms with Crippen LogP contribution in [-0.4, -0.2) is 68.7 Å². The molecule has 2 saturated heterocycles. The van der Waals surface area contributed by atoms with E-state index >= 15 is 0 Å². The van der Waals surface area contributed by atoms with Gasteiger partial charge in [-0.3, -0.25) is 0 Å². The van der Waals surface area contributed by atoms with Crippen LogP contribution >= 0.6 is 23.4 Å². The number of methoxy groups -OCH3 is 1. The first kappa shape index (κ1) is 25.0. The van der Waals surface area contributed by atoms with Crippen molar-refractivity contribution in [2.24, 2.45) is 0 Å². The van der Waals surface area contributed by atoms with E-state index in [9.17, 15) is 19.1 Å². The number of hydrogen-bond acceptors (Lipinski definition) is 9. The molecule has 6 atom stereocenters. The number of nitrogens with zero attached hydrogens (tertiary/aromatic N) is 5. The largest absolute Gasteiger partial charge is 0.388 e. The normalized spacial score (nSPS) is 27.6. The molecule has 0 aliphatic carbocycles. The number of aliphatic hydroxyl groups excluding tert-OH is 1. The van der Waals surface area contributed by atoms with Gasteiger partial charge in [-0.1, -0.05) is 28.6 Å². The zero-order valence-corrected chi connectivity index (χ0v) is 20.6. The van der Waals surface area contributed by atoms with Crippen LogP contribution in [0.1, 0.15) is 17.3 Å². The molecule has 0 bridgehead atoms. The highest BCUT2D eigenvalue weighted by Gasteiger charge is 2.54. The number of thioether (sulfide) groups is 1. The molecule has 9 nitrogen and oxygen atoms in total. The first-order chi connectivity index (χ1) is 17.3. The van der Waals surface area contributed by atoms with Gasteiger partial charge in [-0.05, 0) is 25.1 Å². The summed E-state index contributed by atoms with van der Waals surface area (Å²) in [4.78, 5) is 4.53. The molecule has 1 N–H and O–H groups in total. The SMILES string of the molecule is COC1C(n2cc(-c3cc(F)c(C)c(F)c3)nn2)[C@H]2OCC(O)C2O[C@@H]1Sc1cc(Cl)cnc1C#N. The van der Waals surface area contributed by atoms with Gasteiger partial charge in [0.05, 0.1) is 17.8 Å². The predicted octanol–water partition coefficient (Wildman–Crippen LogP) is 3.28. The summed E-state index contributed by atoms with van der Waals surface area (Å²) in [6, 6.07) is 5.39. The molecule has 2 aliphatic rings. The zero-order valence-electron chi connectivity index (χ0n) is 19.0. The lowest BCUT2D eigenvalue weighted by molar-refractivity contribution is -0.170. The average molecular weight is 536 g/mol. The van der Waals surface area contributed by atoms with E-state index in [1.54, 1.807) is 12.3 Å². The summed E-state index contributed by atoms with van der Waals surface area (Å²) in [5, 5.41) is 28.7. The fourth-order valence-corrected chi connectivity index (χ4v) is 5.84. The van der Waals surface area contributed by atoms with Gasteiger partial charge in [0.25, 0.3) is 0 Å². The van der Waals surface area contributed by atoms with E-state index in [1.807, 2.05) is 6.07 Å². The molecule has 5 rings (SSSR count). The molecule has 0 saturated carbocycles. The quantitative estimate of drug-likeness (QED) is 0.525. The number of hydrogen-bond donors (Lipinski definition) is 1. The van der Waals surface area contributed by atoms with E-state index in [1.165, 1.54) is 48.8 Å². The second-order valence-electron chi connectivity index (χ2n) is 8.40. The molecule has 2 aliphatic heterocycles. The van der Waals surface area contributed by atoms with Crippen LogP contribution in [0.5, 0.6) is 0 Å². The van der Waals surface area contributed by atoms with Gasteiger partial charge in [-0.25, -0.2) is 18.4 Å². The summed E-state index contributed by atoms with van der Waals surface area (Å²) in [5.41, 5.74) is -0.165. The number of ether oxygens (including phenoxy) is 3. The number of nitriles is 1. The number of aromatic nitrogens is 4. The van der Waals surface area contributed by atoms with E-state index in [0.29, 0.717) is 9.92 Å². The fourth-order valence-electron chi connectivity index (χ4n) is 4.37. The van der Waals surface area contributed by atoms with Crippen molar-refractivity contribution < 1.29 is 28.1 Å². The van der Waals surface area contributed by atoms with Crippen LogP contribution in [0.25, 0.3) is 11.3 Å². The monoisotopic (exact) mass is 535 g/mol. The Morgan fingerprint density at radius 1 is 1.28 bits per heavy atom. The van der Waals surface area contributed by atoms with Crippen molar-refractivity contribution in [2.45, 2.75) is 47.7 Å². The number of rotatable bonds is 5. The molecular weight excluding hydrogens is 516 g/mol. The van der Waals surface area contributed by atoms with Gasteiger partial charge >= 0.3 is 0 Å². The second-order valence-corrected chi connectivity index (χ2v) is 9.98. The summed E-state index contributed by atoms with van der Waals surface area (Å²) in [6.07, 6.45) is -0.0436. The zero-order chi connectivity index (χ0) is 25.6. The van der Waals surface area contributed by atoms with E-state index < -0.39 is 47.5 Å². The Hall–Kier alpha value is -2.66. The molecule has 36 heavy (non-hydrogen) atoms. The molecule has 188 valence electrons. The van der Waals surface area contributed by atoms with Crippen molar-refractivity contribution in [1.82, 2.24) is 20.0 Å². The summed E-state index contributed by atoms with van der Waals surface area (Å²) in [6.45, 7) is 1.39. The lowest BCUT2D eigenvalue weighted by Crippen LogP contribution is -2.55. The van der Waals surface area contributed by atoms with Gasteiger partial charge in [0.15, 0.2) is 5.69 Å². The number of aliphatic hydroxyl groups is 1. The predicted molar refractivity (Wildman–Crippen MR) is 124 cm³/mol. The maximum Gasteiger partial charge on any atom is 0.154 e. The number of benzene rings is 1. The Labute approximate surface area is 213 Å². The standard InChI is InChI=1S/C23H20ClF2N5O4S/c1-10-13(25)3-11(4-14(10)26)16-8-31(30-29-16)19-21-20(17(32)9-34-21)35-23(22(19)33-2)36-18-5-12(24)7-28-15(18)6-27/h3-5,7-8,17,19-23,32H,9H2,1-2H3/t17?,19?,20?,21-,22?,23-/m1/s1. The topological polar surface area (TPSA) is 115 Å². The third kappa shape index (κ3) is 4.47. The van der Waals surface area contributed by atoms with E-state index in [4.69, 9.17) is 25.8 Å². The highest BCUT2D eigenvalue weighted by molar-refractivity contribution is 7.99. The van der Waals surface area contributed by atoms with Crippen LogP contribution in [0.15, 0.2) is 35.5 Å². The van der Waals surface area contributed by atoms with Crippen molar-refractivity contribution in [3.63, 3.8) is 0 Å². The minimum atomic E-state index is -0.908. The van der Waals surface area contributed by atoms with Gasteiger partial charge in [0.1, 0.15) is 59.3 Å². The molecule has 2 fully saturated rings. The second kappa shape index (κ2) is 10.0. The molecule has 13 heteroatoms. The first-order valence-corrected chi connectivity index (χ1v) is 12.1. The Balaban J connectivity index is 1.52. The Morgan fingerprint density at radius 2 is 2.03 bits per heavy atom. The van der Waals surface area contributed by atoms with Crippen molar-refractivity contribution in [1.29, 1.82) is 5.26 Å². The van der Waals surface area contributed by atoms with Gasteiger partial charge in [0.2, 0.25) is 0 Å². The smallest absolute Gasteiger partial charge is 0.154 e. The summed E-state index contributed by atoms with van der Waals surface area (Å²) in [5.74, 6) is -1.38. The van der Waals surface area contributed by atoms with Gasteiger partial charge in [0, 0.05) is 29.3 Å². The van der Waals surface area contributed by atoms with Crippen LogP contribution in [0.3, 0.4) is 0 Å². The molecule has 4 heterocycles. The minimum absolute atomic E-state index is 0.0394. The van der Waals surface area contributed by atoms with Crippen molar-refractivity contribution in [3.05, 3.63) is 58.5 Å². The van der Waals surface area contributed by atoms with Gasteiger partial charge < -0.3 is 19.3 Å². The fraction of sp³-hybridized carbons (Fsp3) is 0.391. The molecule has 0 radical (unpaired) electrons. The van der Waals surface area contributed by atoms with Crippen LogP contribution in [0.2, 0.25) is 5.02 Å². The first-order valence-electron chi connectivity index (χ1n) is 10.9. The molecule has 3 aromatic rings. The third-order valence-electron chi connectivity index (χ3n) is 6.23. The lowest BCUT2D eigenvalue weighted by atomic mass is 9.96. The van der Waals surface area contributed by atoms with Crippen LogP contribution in [-0.2, 0) is 14.2 Å². The van der Waals surface area contributed by atoms with E-state index in [-0.39, 0.29) is 29.1 Å². The highest BCUT2D eigenvalue weighted by atomic mass is 35.5. The maximum atomic E-state index is 14.2. The molecule has 0 spiro atoms. The van der Waals surface area contributed by atoms with Crippen LogP contribution in [0, 0.1) is 29.9 Å². The molecule has 0 amide bonds. The number of pyridine rings is 1. The number of halogens is 3. The number of fused-ring (bicyclic) bond motifs is 1. The van der Waals surface area contributed by atoms with Crippen LogP contribution in [0.4, 0.5) is 8.78 Å². The summed E-state index contributed by atoms with van der Waals surface area (Å²) < 4.78 is 47.6. The lowest BCUT2D eigenvalue weighted by Gasteiger charge is -2.43. The third-order valence-corrected chi connectivity index (χ3v) is 7.61. The molecule has 2 aromatic heterocycles. The summed E-state index contributed by atoms with van der Waals surface area (Å²) in [7, 11) is 1.49. The van der Waals surface area contributed by atoms with E-state index in [2.05, 4.69) is 15.3 Å². The summed E-state index contributed by atoms with van der Waals surface area (Å²) >= 11 is 7.28. The van der Waals surface area contributed by atoms with Crippen molar-refractivity contribution in [2.75, 3.05) is 13.7 Å². The van der Waals surface area contributed by atoms with Crippen LogP contribution < -0.4 is 0 Å². The Kier molecular flexibility index (Phi) is 6.95. The van der Waals surface area contributed by atoms with Gasteiger partial charge in [-0.15, -0.1) is 5.10 Å². The average Bonchev–Trinajstić information content (AvgIpc) is 3.49. The molecular formula is C23H20ClF2N5O4S. The molecule has 4 unspecified atom stereocenters. The maximum absolute atomic E-state index is 14.2. The highest BCUT2D eigenvalue weighted by Crippen LogP contribution is 2.44. The van der Waals surface area contributed by atoms with Crippen molar-refractivity contribution >= 4 is 23.4 Å². The molecule has 1 aromatic carbocycles. The minimum Gasteiger partial charge on any atom is -0.388 e. The van der Waals surface area contributed by atoms with Crippen molar-refractivity contribution in [3.8, 4) is 17.3 Å². The Morgan fingerprint density at radius 3 is 2.72 bits per heavy atom.